The standard InChI is InChI=1S/C10H14F4O7S/c1-7(8(15)21-6-19-2)5-20-4-3-9(11,12)10(13,14)22(16,17)18/h1,3-6H2,2H3,(H,16,17,18)/p-1. The van der Waals surface area contributed by atoms with Gasteiger partial charge in [0.1, 0.15) is 0 Å². The maximum atomic E-state index is 13.0. The molecule has 0 atom stereocenters. The first-order valence-corrected chi connectivity index (χ1v) is 6.90. The highest BCUT2D eigenvalue weighted by atomic mass is 32.2. The summed E-state index contributed by atoms with van der Waals surface area (Å²) in [6, 6.07) is 0. The average Bonchev–Trinajstić information content (AvgIpc) is 2.39. The number of carbonyl (C=O) groups excluding carboxylic acids is 1. The molecule has 7 nitrogen and oxygen atoms in total. The first-order valence-electron chi connectivity index (χ1n) is 5.49. The molecule has 0 aliphatic heterocycles. The number of hydrogen-bond donors (Lipinski definition) is 0. The minimum absolute atomic E-state index is 0.302. The van der Waals surface area contributed by atoms with Gasteiger partial charge in [-0.1, -0.05) is 6.58 Å². The zero-order chi connectivity index (χ0) is 17.6. The highest BCUT2D eigenvalue weighted by Crippen LogP contribution is 2.40. The van der Waals surface area contributed by atoms with Crippen molar-refractivity contribution in [2.24, 2.45) is 0 Å². The molecule has 0 heterocycles. The molecule has 0 saturated heterocycles. The van der Waals surface area contributed by atoms with Gasteiger partial charge in [-0.05, 0) is 0 Å². The van der Waals surface area contributed by atoms with E-state index in [1.165, 1.54) is 7.11 Å². The summed E-state index contributed by atoms with van der Waals surface area (Å²) >= 11 is 0. The minimum atomic E-state index is -6.53. The van der Waals surface area contributed by atoms with Crippen molar-refractivity contribution >= 4 is 16.1 Å². The molecule has 0 spiro atoms. The summed E-state index contributed by atoms with van der Waals surface area (Å²) in [5, 5.41) is -5.77. The van der Waals surface area contributed by atoms with Crippen LogP contribution in [-0.4, -0.2) is 57.2 Å². The Kier molecular flexibility index (Phi) is 7.41. The molecule has 0 bridgehead atoms. The molecular formula is C10H13F4O7S-. The van der Waals surface area contributed by atoms with Crippen molar-refractivity contribution in [3.63, 3.8) is 0 Å². The van der Waals surface area contributed by atoms with E-state index >= 15 is 0 Å². The van der Waals surface area contributed by atoms with Crippen LogP contribution in [0.4, 0.5) is 17.6 Å². The van der Waals surface area contributed by atoms with E-state index in [4.69, 9.17) is 0 Å². The summed E-state index contributed by atoms with van der Waals surface area (Å²) in [5.74, 6) is -6.08. The van der Waals surface area contributed by atoms with E-state index in [0.29, 0.717) is 0 Å². The third kappa shape index (κ3) is 5.51. The number of carbonyl (C=O) groups is 1. The van der Waals surface area contributed by atoms with Crippen LogP contribution < -0.4 is 0 Å². The van der Waals surface area contributed by atoms with Crippen molar-refractivity contribution in [1.82, 2.24) is 0 Å². The summed E-state index contributed by atoms with van der Waals surface area (Å²) in [6.45, 7) is 1.14. The van der Waals surface area contributed by atoms with Crippen molar-refractivity contribution < 1.29 is 49.5 Å². The summed E-state index contributed by atoms with van der Waals surface area (Å²) in [6.07, 6.45) is -1.75. The second-order valence-corrected chi connectivity index (χ2v) is 5.34. The smallest absolute Gasteiger partial charge is 0.396 e. The van der Waals surface area contributed by atoms with Gasteiger partial charge in [0.25, 0.3) is 0 Å². The zero-order valence-electron chi connectivity index (χ0n) is 11.3. The van der Waals surface area contributed by atoms with Gasteiger partial charge in [-0.3, -0.25) is 0 Å². The van der Waals surface area contributed by atoms with Gasteiger partial charge in [0.15, 0.2) is 16.9 Å². The van der Waals surface area contributed by atoms with Crippen molar-refractivity contribution in [2.45, 2.75) is 17.6 Å². The van der Waals surface area contributed by atoms with E-state index in [0.717, 1.165) is 0 Å². The van der Waals surface area contributed by atoms with Crippen molar-refractivity contribution in [3.05, 3.63) is 12.2 Å². The number of esters is 1. The molecule has 0 fully saturated rings. The SMILES string of the molecule is C=C(COCCC(F)(F)C(F)(F)S(=O)(=O)[O-])C(=O)OCOC. The largest absolute Gasteiger partial charge is 0.743 e. The lowest BCUT2D eigenvalue weighted by molar-refractivity contribution is -0.170. The topological polar surface area (TPSA) is 102 Å². The molecule has 0 aromatic heterocycles. The molecule has 0 amide bonds. The van der Waals surface area contributed by atoms with Gasteiger partial charge < -0.3 is 18.8 Å². The number of rotatable bonds is 10. The van der Waals surface area contributed by atoms with Gasteiger partial charge in [0.2, 0.25) is 0 Å². The van der Waals surface area contributed by atoms with Gasteiger partial charge in [-0.15, -0.1) is 0 Å². The van der Waals surface area contributed by atoms with Crippen LogP contribution in [0.2, 0.25) is 0 Å². The van der Waals surface area contributed by atoms with Gasteiger partial charge in [-0.2, -0.15) is 17.6 Å². The minimum Gasteiger partial charge on any atom is -0.743 e. The summed E-state index contributed by atoms with van der Waals surface area (Å²) in [7, 11) is -5.30. The Morgan fingerprint density at radius 3 is 2.27 bits per heavy atom. The van der Waals surface area contributed by atoms with Crippen LogP contribution in [0.1, 0.15) is 6.42 Å². The van der Waals surface area contributed by atoms with Crippen molar-refractivity contribution in [3.8, 4) is 0 Å². The average molecular weight is 353 g/mol. The third-order valence-corrected chi connectivity index (χ3v) is 3.10. The maximum Gasteiger partial charge on any atom is 0.396 e. The van der Waals surface area contributed by atoms with Crippen LogP contribution in [0.5, 0.6) is 0 Å². The first-order chi connectivity index (χ1) is 9.87. The second kappa shape index (κ2) is 7.85. The fraction of sp³-hybridized carbons (Fsp3) is 0.700. The molecule has 0 unspecified atom stereocenters. The van der Waals surface area contributed by atoms with Crippen LogP contribution in [0.3, 0.4) is 0 Å². The molecule has 0 radical (unpaired) electrons. The molecule has 0 aliphatic rings. The van der Waals surface area contributed by atoms with Crippen LogP contribution in [0.15, 0.2) is 12.2 Å². The first kappa shape index (κ1) is 20.8. The predicted molar refractivity (Wildman–Crippen MR) is 62.1 cm³/mol. The van der Waals surface area contributed by atoms with Gasteiger partial charge >= 0.3 is 17.1 Å². The molecule has 22 heavy (non-hydrogen) atoms. The lowest BCUT2D eigenvalue weighted by Crippen LogP contribution is -2.47. The Hall–Kier alpha value is -1.24. The molecule has 0 N–H and O–H groups in total. The van der Waals surface area contributed by atoms with Crippen LogP contribution in [0.25, 0.3) is 0 Å². The fourth-order valence-corrected chi connectivity index (χ4v) is 1.47. The number of hydrogen-bond acceptors (Lipinski definition) is 7. The Morgan fingerprint density at radius 1 is 1.27 bits per heavy atom. The number of ether oxygens (including phenoxy) is 3. The highest BCUT2D eigenvalue weighted by Gasteiger charge is 2.61. The molecule has 12 heteroatoms. The van der Waals surface area contributed by atoms with Crippen molar-refractivity contribution in [1.29, 1.82) is 0 Å². The van der Waals surface area contributed by atoms with Gasteiger partial charge in [0, 0.05) is 13.5 Å². The van der Waals surface area contributed by atoms with Gasteiger partial charge in [-0.25, -0.2) is 13.2 Å². The Labute approximate surface area is 123 Å². The fourth-order valence-electron chi connectivity index (χ4n) is 0.998. The molecule has 0 aromatic rings. The highest BCUT2D eigenvalue weighted by molar-refractivity contribution is 7.86. The molecule has 0 rings (SSSR count). The van der Waals surface area contributed by atoms with Crippen LogP contribution in [0, 0.1) is 0 Å². The third-order valence-electron chi connectivity index (χ3n) is 2.17. The quantitative estimate of drug-likeness (QED) is 0.143. The maximum absolute atomic E-state index is 13.0. The van der Waals surface area contributed by atoms with Crippen LogP contribution >= 0.6 is 0 Å². The van der Waals surface area contributed by atoms with E-state index in [9.17, 15) is 35.3 Å². The Morgan fingerprint density at radius 2 is 1.82 bits per heavy atom. The number of methoxy groups -OCH3 is 1. The zero-order valence-corrected chi connectivity index (χ0v) is 12.1. The normalized spacial score (nSPS) is 13.0. The molecule has 0 aromatic carbocycles. The lowest BCUT2D eigenvalue weighted by atomic mass is 10.2. The monoisotopic (exact) mass is 353 g/mol. The Balaban J connectivity index is 4.36. The van der Waals surface area contributed by atoms with E-state index < -0.39 is 46.9 Å². The van der Waals surface area contributed by atoms with E-state index in [1.807, 2.05) is 0 Å². The van der Waals surface area contributed by atoms with Crippen molar-refractivity contribution in [2.75, 3.05) is 27.1 Å². The number of halogens is 4. The molecule has 0 saturated carbocycles. The van der Waals surface area contributed by atoms with Gasteiger partial charge in [0.05, 0.1) is 18.8 Å². The lowest BCUT2D eigenvalue weighted by Gasteiger charge is -2.28. The summed E-state index contributed by atoms with van der Waals surface area (Å²) in [4.78, 5) is 11.1. The second-order valence-electron chi connectivity index (χ2n) is 3.92. The van der Waals surface area contributed by atoms with Crippen LogP contribution in [-0.2, 0) is 29.1 Å². The molecular weight excluding hydrogens is 340 g/mol. The number of alkyl halides is 4. The summed E-state index contributed by atoms with van der Waals surface area (Å²) in [5.41, 5.74) is -0.302. The van der Waals surface area contributed by atoms with E-state index in [2.05, 4.69) is 20.8 Å². The molecule has 130 valence electrons. The van der Waals surface area contributed by atoms with E-state index in [1.54, 1.807) is 0 Å². The Bertz CT molecular complexity index is 503. The predicted octanol–water partition coefficient (Wildman–Crippen LogP) is 0.870. The van der Waals surface area contributed by atoms with E-state index in [-0.39, 0.29) is 12.4 Å². The summed E-state index contributed by atoms with van der Waals surface area (Å²) < 4.78 is 95.2. The molecule has 0 aliphatic carbocycles.